The summed E-state index contributed by atoms with van der Waals surface area (Å²) in [6.45, 7) is 4.21. The third-order valence-electron chi connectivity index (χ3n) is 4.73. The first-order valence-electron chi connectivity index (χ1n) is 11.5. The molecule has 4 rings (SSSR count). The van der Waals surface area contributed by atoms with E-state index in [9.17, 15) is 14.4 Å². The van der Waals surface area contributed by atoms with Crippen LogP contribution in [0.4, 0.5) is 0 Å². The van der Waals surface area contributed by atoms with Crippen LogP contribution in [0.2, 0.25) is 0 Å². The van der Waals surface area contributed by atoms with Crippen LogP contribution in [0, 0.1) is 0 Å². The number of ketones is 1. The molecule has 0 N–H and O–H groups in total. The number of hydrogen-bond donors (Lipinski definition) is 0. The van der Waals surface area contributed by atoms with E-state index in [0.717, 1.165) is 16.9 Å². The Hall–Kier alpha value is -4.71. The standard InChI is InChI=1S/C15H14O3.C10H10O3.C6H6/c1-11(16)18-15-9-5-13(6-10-15)12-3-7-14(17-2)8-4-12;1-7(11)9-3-5-10(6-4-9)13-8(2)12;1-2-4-6-5-3-1/h3-10H,1-2H3;3-6H,1-2H3;1-6H. The fourth-order valence-electron chi connectivity index (χ4n) is 2.97. The van der Waals surface area contributed by atoms with Gasteiger partial charge in [-0.25, -0.2) is 0 Å². The summed E-state index contributed by atoms with van der Waals surface area (Å²) in [4.78, 5) is 32.2. The number of carbonyl (C=O) groups excluding carboxylic acids is 3. The second-order valence-corrected chi connectivity index (χ2v) is 7.68. The first-order valence-corrected chi connectivity index (χ1v) is 11.5. The van der Waals surface area contributed by atoms with Crippen molar-refractivity contribution in [2.45, 2.75) is 20.8 Å². The van der Waals surface area contributed by atoms with Crippen LogP contribution in [0.15, 0.2) is 109 Å². The number of rotatable bonds is 5. The first-order chi connectivity index (χ1) is 17.8. The lowest BCUT2D eigenvalue weighted by Gasteiger charge is -2.05. The van der Waals surface area contributed by atoms with Crippen molar-refractivity contribution in [2.75, 3.05) is 7.11 Å². The summed E-state index contributed by atoms with van der Waals surface area (Å²) >= 11 is 0. The Kier molecular flexibility index (Phi) is 11.8. The summed E-state index contributed by atoms with van der Waals surface area (Å²) in [7, 11) is 1.64. The van der Waals surface area contributed by atoms with Gasteiger partial charge in [-0.3, -0.25) is 14.4 Å². The molecule has 0 saturated heterocycles. The zero-order valence-corrected chi connectivity index (χ0v) is 21.3. The number of methoxy groups -OCH3 is 1. The number of esters is 2. The van der Waals surface area contributed by atoms with Crippen molar-refractivity contribution in [2.24, 2.45) is 0 Å². The molecule has 6 nitrogen and oxygen atoms in total. The van der Waals surface area contributed by atoms with Crippen molar-refractivity contribution in [3.05, 3.63) is 115 Å². The summed E-state index contributed by atoms with van der Waals surface area (Å²) in [5, 5.41) is 0. The second-order valence-electron chi connectivity index (χ2n) is 7.68. The van der Waals surface area contributed by atoms with Crippen LogP contribution in [-0.4, -0.2) is 24.8 Å². The fraction of sp³-hybridized carbons (Fsp3) is 0.129. The maximum Gasteiger partial charge on any atom is 0.308 e. The number of carbonyl (C=O) groups is 3. The molecular formula is C31H30O6. The van der Waals surface area contributed by atoms with Crippen LogP contribution in [0.5, 0.6) is 17.2 Å². The zero-order chi connectivity index (χ0) is 27.0. The van der Waals surface area contributed by atoms with Crippen LogP contribution in [-0.2, 0) is 9.59 Å². The van der Waals surface area contributed by atoms with Gasteiger partial charge in [0.05, 0.1) is 7.11 Å². The van der Waals surface area contributed by atoms with Gasteiger partial charge in [0.25, 0.3) is 0 Å². The molecule has 0 atom stereocenters. The smallest absolute Gasteiger partial charge is 0.308 e. The van der Waals surface area contributed by atoms with E-state index in [-0.39, 0.29) is 17.7 Å². The van der Waals surface area contributed by atoms with Gasteiger partial charge in [0.1, 0.15) is 17.2 Å². The fourth-order valence-corrected chi connectivity index (χ4v) is 2.97. The van der Waals surface area contributed by atoms with E-state index in [1.807, 2.05) is 72.8 Å². The van der Waals surface area contributed by atoms with Crippen molar-refractivity contribution in [3.63, 3.8) is 0 Å². The van der Waals surface area contributed by atoms with Gasteiger partial charge in [0.2, 0.25) is 0 Å². The molecule has 4 aromatic rings. The largest absolute Gasteiger partial charge is 0.497 e. The second kappa shape index (κ2) is 15.3. The van der Waals surface area contributed by atoms with Gasteiger partial charge in [-0.15, -0.1) is 0 Å². The van der Waals surface area contributed by atoms with Gasteiger partial charge in [-0.2, -0.15) is 0 Å². The summed E-state index contributed by atoms with van der Waals surface area (Å²) < 4.78 is 14.9. The highest BCUT2D eigenvalue weighted by Gasteiger charge is 2.02. The van der Waals surface area contributed by atoms with Crippen molar-refractivity contribution in [1.29, 1.82) is 0 Å². The third kappa shape index (κ3) is 11.0. The molecule has 0 fully saturated rings. The van der Waals surface area contributed by atoms with E-state index in [1.165, 1.54) is 20.8 Å². The highest BCUT2D eigenvalue weighted by molar-refractivity contribution is 5.94. The van der Waals surface area contributed by atoms with E-state index in [4.69, 9.17) is 14.2 Å². The van der Waals surface area contributed by atoms with Gasteiger partial charge >= 0.3 is 11.9 Å². The Morgan fingerprint density at radius 3 is 1.11 bits per heavy atom. The van der Waals surface area contributed by atoms with Crippen LogP contribution < -0.4 is 14.2 Å². The minimum atomic E-state index is -0.365. The molecule has 0 aromatic heterocycles. The molecule has 0 saturated carbocycles. The monoisotopic (exact) mass is 498 g/mol. The minimum absolute atomic E-state index is 0.00521. The van der Waals surface area contributed by atoms with E-state index in [1.54, 1.807) is 43.5 Å². The van der Waals surface area contributed by atoms with Crippen LogP contribution in [0.25, 0.3) is 11.1 Å². The predicted molar refractivity (Wildman–Crippen MR) is 144 cm³/mol. The van der Waals surface area contributed by atoms with Gasteiger partial charge in [0.15, 0.2) is 5.78 Å². The normalized spacial score (nSPS) is 9.41. The van der Waals surface area contributed by atoms with Crippen molar-refractivity contribution in [1.82, 2.24) is 0 Å². The molecule has 0 aliphatic rings. The molecule has 190 valence electrons. The van der Waals surface area contributed by atoms with Gasteiger partial charge < -0.3 is 14.2 Å². The zero-order valence-electron chi connectivity index (χ0n) is 21.3. The van der Waals surface area contributed by atoms with Crippen LogP contribution in [0.3, 0.4) is 0 Å². The van der Waals surface area contributed by atoms with Gasteiger partial charge in [0, 0.05) is 19.4 Å². The molecule has 0 aliphatic heterocycles. The van der Waals surface area contributed by atoms with E-state index < -0.39 is 0 Å². The van der Waals surface area contributed by atoms with Gasteiger partial charge in [-0.05, 0) is 66.6 Å². The molecule has 0 spiro atoms. The molecule has 0 aliphatic carbocycles. The van der Waals surface area contributed by atoms with Crippen molar-refractivity contribution < 1.29 is 28.6 Å². The van der Waals surface area contributed by atoms with E-state index in [0.29, 0.717) is 17.1 Å². The molecule has 4 aromatic carbocycles. The highest BCUT2D eigenvalue weighted by Crippen LogP contribution is 2.24. The van der Waals surface area contributed by atoms with Gasteiger partial charge in [-0.1, -0.05) is 60.7 Å². The molecule has 0 unspecified atom stereocenters. The summed E-state index contributed by atoms with van der Waals surface area (Å²) in [5.74, 6) is 1.16. The number of benzene rings is 4. The van der Waals surface area contributed by atoms with E-state index in [2.05, 4.69) is 0 Å². The summed E-state index contributed by atoms with van der Waals surface area (Å²) in [5.41, 5.74) is 2.76. The molecular weight excluding hydrogens is 468 g/mol. The van der Waals surface area contributed by atoms with Crippen molar-refractivity contribution in [3.8, 4) is 28.4 Å². The Labute approximate surface area is 217 Å². The quantitative estimate of drug-likeness (QED) is 0.171. The SMILES string of the molecule is CC(=O)Oc1ccc(C(C)=O)cc1.COc1ccc(-c2ccc(OC(C)=O)cc2)cc1.c1ccccc1. The molecule has 0 bridgehead atoms. The Morgan fingerprint density at radius 2 is 0.811 bits per heavy atom. The Balaban J connectivity index is 0.000000220. The van der Waals surface area contributed by atoms with E-state index >= 15 is 0 Å². The summed E-state index contributed by atoms with van der Waals surface area (Å²) in [6.07, 6.45) is 0. The highest BCUT2D eigenvalue weighted by atomic mass is 16.5. The molecule has 0 heterocycles. The lowest BCUT2D eigenvalue weighted by atomic mass is 10.1. The molecule has 37 heavy (non-hydrogen) atoms. The lowest BCUT2D eigenvalue weighted by Crippen LogP contribution is -2.01. The molecule has 6 heteroatoms. The molecule has 0 radical (unpaired) electrons. The number of ether oxygens (including phenoxy) is 3. The maximum atomic E-state index is 10.9. The Morgan fingerprint density at radius 1 is 0.486 bits per heavy atom. The first kappa shape index (κ1) is 28.5. The molecule has 0 amide bonds. The Bertz CT molecular complexity index is 1220. The number of Topliss-reactive ketones (excluding diaryl/α,β-unsaturated/α-hetero) is 1. The lowest BCUT2D eigenvalue weighted by molar-refractivity contribution is -0.132. The van der Waals surface area contributed by atoms with Crippen molar-refractivity contribution >= 4 is 17.7 Å². The summed E-state index contributed by atoms with van der Waals surface area (Å²) in [6, 6.07) is 33.6. The minimum Gasteiger partial charge on any atom is -0.497 e. The topological polar surface area (TPSA) is 78.9 Å². The average Bonchev–Trinajstić information content (AvgIpc) is 2.91. The third-order valence-corrected chi connectivity index (χ3v) is 4.73. The van der Waals surface area contributed by atoms with Crippen LogP contribution >= 0.6 is 0 Å². The van der Waals surface area contributed by atoms with Crippen LogP contribution in [0.1, 0.15) is 31.1 Å². The average molecular weight is 499 g/mol. The predicted octanol–water partition coefficient (Wildman–Crippen LogP) is 6.79. The number of hydrogen-bond acceptors (Lipinski definition) is 6. The maximum absolute atomic E-state index is 10.9.